The van der Waals surface area contributed by atoms with Crippen LogP contribution in [0.1, 0.15) is 39.9 Å². The summed E-state index contributed by atoms with van der Waals surface area (Å²) < 4.78 is 47.9. The van der Waals surface area contributed by atoms with Crippen LogP contribution in [-0.2, 0) is 6.61 Å². The molecule has 1 saturated heterocycles. The summed E-state index contributed by atoms with van der Waals surface area (Å²) in [5.41, 5.74) is 4.99. The molecule has 4 aromatic carbocycles. The van der Waals surface area contributed by atoms with Gasteiger partial charge in [0.15, 0.2) is 0 Å². The Balaban J connectivity index is 1.32. The zero-order valence-electron chi connectivity index (χ0n) is 20.3. The maximum absolute atomic E-state index is 14.4. The van der Waals surface area contributed by atoms with E-state index >= 15 is 0 Å². The first kappa shape index (κ1) is 23.8. The van der Waals surface area contributed by atoms with Gasteiger partial charge in [-0.1, -0.05) is 48.5 Å². The molecule has 6 rings (SSSR count). The smallest absolute Gasteiger partial charge is 0.125 e. The van der Waals surface area contributed by atoms with Gasteiger partial charge < -0.3 is 4.74 Å². The van der Waals surface area contributed by atoms with Crippen LogP contribution >= 0.6 is 0 Å². The Labute approximate surface area is 214 Å². The minimum Gasteiger partial charge on any atom is -0.489 e. The summed E-state index contributed by atoms with van der Waals surface area (Å²) in [7, 11) is 0. The van der Waals surface area contributed by atoms with Crippen LogP contribution in [0.15, 0.2) is 91.0 Å². The molecule has 0 bridgehead atoms. The normalized spacial score (nSPS) is 18.1. The van der Waals surface area contributed by atoms with E-state index in [0.29, 0.717) is 12.4 Å². The van der Waals surface area contributed by atoms with Crippen molar-refractivity contribution < 1.29 is 17.9 Å². The Hall–Kier alpha value is -3.61. The molecule has 3 nitrogen and oxygen atoms in total. The maximum atomic E-state index is 14.4. The quantitative estimate of drug-likeness (QED) is 0.319. The Morgan fingerprint density at radius 2 is 1.24 bits per heavy atom. The molecule has 1 atom stereocenters. The minimum absolute atomic E-state index is 0.123. The van der Waals surface area contributed by atoms with Gasteiger partial charge in [-0.3, -0.25) is 9.80 Å². The molecule has 0 radical (unpaired) electrons. The maximum Gasteiger partial charge on any atom is 0.125 e. The van der Waals surface area contributed by atoms with Gasteiger partial charge in [0.1, 0.15) is 29.8 Å². The van der Waals surface area contributed by atoms with E-state index in [9.17, 15) is 13.2 Å². The first-order valence-electron chi connectivity index (χ1n) is 12.6. The summed E-state index contributed by atoms with van der Waals surface area (Å²) in [6, 6.07) is 25.8. The summed E-state index contributed by atoms with van der Waals surface area (Å²) >= 11 is 0. The number of halogens is 3. The van der Waals surface area contributed by atoms with Crippen molar-refractivity contribution in [2.24, 2.45) is 0 Å². The van der Waals surface area contributed by atoms with Crippen LogP contribution in [0.25, 0.3) is 0 Å². The molecule has 0 N–H and O–H groups in total. The number of hydrogen-bond acceptors (Lipinski definition) is 3. The molecule has 0 saturated carbocycles. The molecule has 0 aliphatic carbocycles. The molecule has 0 amide bonds. The van der Waals surface area contributed by atoms with Crippen molar-refractivity contribution in [2.75, 3.05) is 26.2 Å². The van der Waals surface area contributed by atoms with Gasteiger partial charge in [0.25, 0.3) is 0 Å². The van der Waals surface area contributed by atoms with Crippen molar-refractivity contribution in [3.05, 3.63) is 136 Å². The number of benzene rings is 4. The Morgan fingerprint density at radius 1 is 0.649 bits per heavy atom. The number of rotatable bonds is 4. The second-order valence-electron chi connectivity index (χ2n) is 9.65. The molecule has 37 heavy (non-hydrogen) atoms. The Bertz CT molecular complexity index is 1340. The molecular formula is C31H27F3N2O. The Kier molecular flexibility index (Phi) is 6.45. The summed E-state index contributed by atoms with van der Waals surface area (Å²) in [5, 5.41) is 0. The van der Waals surface area contributed by atoms with E-state index in [4.69, 9.17) is 4.74 Å². The second-order valence-corrected chi connectivity index (χ2v) is 9.65. The summed E-state index contributed by atoms with van der Waals surface area (Å²) in [4.78, 5) is 4.73. The fraction of sp³-hybridized carbons (Fsp3) is 0.226. The van der Waals surface area contributed by atoms with E-state index < -0.39 is 0 Å². The summed E-state index contributed by atoms with van der Waals surface area (Å²) in [6.07, 6.45) is 0. The first-order valence-corrected chi connectivity index (χ1v) is 12.6. The highest BCUT2D eigenvalue weighted by Gasteiger charge is 2.34. The van der Waals surface area contributed by atoms with Crippen LogP contribution in [-0.4, -0.2) is 36.0 Å². The average Bonchev–Trinajstić information content (AvgIpc) is 3.08. The fourth-order valence-corrected chi connectivity index (χ4v) is 5.67. The molecule has 1 unspecified atom stereocenters. The van der Waals surface area contributed by atoms with Crippen LogP contribution in [0.4, 0.5) is 13.2 Å². The largest absolute Gasteiger partial charge is 0.489 e. The molecule has 188 valence electrons. The fourth-order valence-electron chi connectivity index (χ4n) is 5.67. The third-order valence-corrected chi connectivity index (χ3v) is 7.45. The standard InChI is InChI=1S/C31H27F3N2O/c32-24-9-5-21(6-10-24)30(22-7-11-25(33)12-8-22)35-15-17-36(18-16-35)31-27-4-2-1-3-23(27)20-37-29-14-13-26(34)19-28(29)31/h1-14,19,30-31H,15-18,20H2. The van der Waals surface area contributed by atoms with Crippen molar-refractivity contribution in [1.29, 1.82) is 0 Å². The lowest BCUT2D eigenvalue weighted by Crippen LogP contribution is -2.49. The zero-order valence-corrected chi connectivity index (χ0v) is 20.3. The lowest BCUT2D eigenvalue weighted by Gasteiger charge is -2.43. The lowest BCUT2D eigenvalue weighted by molar-refractivity contribution is 0.0895. The van der Waals surface area contributed by atoms with E-state index in [2.05, 4.69) is 21.9 Å². The van der Waals surface area contributed by atoms with Crippen LogP contribution < -0.4 is 4.74 Å². The van der Waals surface area contributed by atoms with Gasteiger partial charge in [0.2, 0.25) is 0 Å². The van der Waals surface area contributed by atoms with Gasteiger partial charge in [-0.05, 0) is 64.7 Å². The highest BCUT2D eigenvalue weighted by Crippen LogP contribution is 2.41. The monoisotopic (exact) mass is 500 g/mol. The molecular weight excluding hydrogens is 473 g/mol. The van der Waals surface area contributed by atoms with E-state index in [-0.39, 0.29) is 29.5 Å². The van der Waals surface area contributed by atoms with Gasteiger partial charge >= 0.3 is 0 Å². The van der Waals surface area contributed by atoms with Gasteiger partial charge in [-0.2, -0.15) is 0 Å². The van der Waals surface area contributed by atoms with E-state index in [1.807, 2.05) is 12.1 Å². The molecule has 1 fully saturated rings. The minimum atomic E-state index is -0.286. The number of piperazine rings is 1. The molecule has 4 aromatic rings. The SMILES string of the molecule is Fc1ccc(C(c2ccc(F)cc2)N2CCN(C3c4ccccc4COc4ccc(F)cc43)CC2)cc1. The first-order chi connectivity index (χ1) is 18.1. The van der Waals surface area contributed by atoms with E-state index in [1.165, 1.54) is 30.3 Å². The van der Waals surface area contributed by atoms with Crippen molar-refractivity contribution in [3.63, 3.8) is 0 Å². The van der Waals surface area contributed by atoms with Crippen LogP contribution in [0.2, 0.25) is 0 Å². The topological polar surface area (TPSA) is 15.7 Å². The van der Waals surface area contributed by atoms with Crippen molar-refractivity contribution in [3.8, 4) is 5.75 Å². The molecule has 2 heterocycles. The van der Waals surface area contributed by atoms with Gasteiger partial charge in [-0.25, -0.2) is 13.2 Å². The average molecular weight is 501 g/mol. The highest BCUT2D eigenvalue weighted by atomic mass is 19.1. The van der Waals surface area contributed by atoms with Gasteiger partial charge in [0, 0.05) is 31.7 Å². The van der Waals surface area contributed by atoms with E-state index in [0.717, 1.165) is 54.0 Å². The number of fused-ring (bicyclic) bond motifs is 2. The van der Waals surface area contributed by atoms with Crippen molar-refractivity contribution in [1.82, 2.24) is 9.80 Å². The van der Waals surface area contributed by atoms with Crippen molar-refractivity contribution >= 4 is 0 Å². The summed E-state index contributed by atoms with van der Waals surface area (Å²) in [6.45, 7) is 3.41. The molecule has 2 aliphatic rings. The van der Waals surface area contributed by atoms with E-state index in [1.54, 1.807) is 36.4 Å². The van der Waals surface area contributed by atoms with Gasteiger partial charge in [0.05, 0.1) is 12.1 Å². The third-order valence-electron chi connectivity index (χ3n) is 7.45. The van der Waals surface area contributed by atoms with Crippen LogP contribution in [0.5, 0.6) is 5.75 Å². The number of nitrogens with zero attached hydrogens (tertiary/aromatic N) is 2. The van der Waals surface area contributed by atoms with Crippen LogP contribution in [0.3, 0.4) is 0 Å². The van der Waals surface area contributed by atoms with Crippen LogP contribution in [0, 0.1) is 17.5 Å². The molecule has 6 heteroatoms. The summed E-state index contributed by atoms with van der Waals surface area (Å²) in [5.74, 6) is -0.142. The third kappa shape index (κ3) is 4.75. The van der Waals surface area contributed by atoms with Crippen molar-refractivity contribution in [2.45, 2.75) is 18.7 Å². The zero-order chi connectivity index (χ0) is 25.4. The lowest BCUT2D eigenvalue weighted by atomic mass is 9.92. The second kappa shape index (κ2) is 10.0. The number of ether oxygens (including phenoxy) is 1. The Morgan fingerprint density at radius 3 is 1.89 bits per heavy atom. The molecule has 0 spiro atoms. The van der Waals surface area contributed by atoms with Gasteiger partial charge in [-0.15, -0.1) is 0 Å². The molecule has 2 aliphatic heterocycles. The molecule has 0 aromatic heterocycles. The highest BCUT2D eigenvalue weighted by molar-refractivity contribution is 5.47. The number of hydrogen-bond donors (Lipinski definition) is 0. The predicted octanol–water partition coefficient (Wildman–Crippen LogP) is 6.49. The predicted molar refractivity (Wildman–Crippen MR) is 137 cm³/mol.